The standard InChI is InChI=1S/C16H20N4/c1-10(2)12-4-6-13(7-5-12)19-20-15-9-8-14(17)11(3)16(15)18/h4-10H,17-18H2,1-3H3. The first-order chi connectivity index (χ1) is 9.49. The second-order valence-corrected chi connectivity index (χ2v) is 5.16. The Morgan fingerprint density at radius 3 is 2.15 bits per heavy atom. The van der Waals surface area contributed by atoms with E-state index in [1.54, 1.807) is 12.1 Å². The number of benzene rings is 2. The maximum absolute atomic E-state index is 5.98. The van der Waals surface area contributed by atoms with Crippen LogP contribution < -0.4 is 11.5 Å². The van der Waals surface area contributed by atoms with E-state index in [1.807, 2.05) is 19.1 Å². The number of nitrogens with two attached hydrogens (primary N) is 2. The quantitative estimate of drug-likeness (QED) is 0.625. The Bertz CT molecular complexity index is 628. The van der Waals surface area contributed by atoms with Crippen LogP contribution in [-0.2, 0) is 0 Å². The molecule has 4 N–H and O–H groups in total. The molecule has 0 bridgehead atoms. The minimum atomic E-state index is 0.511. The van der Waals surface area contributed by atoms with Gasteiger partial charge in [0.05, 0.1) is 11.4 Å². The first kappa shape index (κ1) is 14.1. The van der Waals surface area contributed by atoms with E-state index in [2.05, 4.69) is 36.2 Å². The third-order valence-electron chi connectivity index (χ3n) is 3.37. The average Bonchev–Trinajstić information content (AvgIpc) is 2.44. The van der Waals surface area contributed by atoms with Gasteiger partial charge in [-0.05, 0) is 48.2 Å². The highest BCUT2D eigenvalue weighted by Crippen LogP contribution is 2.30. The van der Waals surface area contributed by atoms with Gasteiger partial charge < -0.3 is 11.5 Å². The van der Waals surface area contributed by atoms with Crippen molar-refractivity contribution in [2.45, 2.75) is 26.7 Å². The van der Waals surface area contributed by atoms with E-state index in [4.69, 9.17) is 11.5 Å². The highest BCUT2D eigenvalue weighted by molar-refractivity contribution is 5.73. The Morgan fingerprint density at radius 1 is 0.900 bits per heavy atom. The summed E-state index contributed by atoms with van der Waals surface area (Å²) in [7, 11) is 0. The number of nitrogens with zero attached hydrogens (tertiary/aromatic N) is 2. The summed E-state index contributed by atoms with van der Waals surface area (Å²) in [5.74, 6) is 0.511. The molecule has 4 nitrogen and oxygen atoms in total. The van der Waals surface area contributed by atoms with Crippen LogP contribution in [0.15, 0.2) is 46.6 Å². The molecule has 0 saturated heterocycles. The average molecular weight is 268 g/mol. The minimum absolute atomic E-state index is 0.511. The fourth-order valence-electron chi connectivity index (χ4n) is 1.86. The molecule has 104 valence electrons. The van der Waals surface area contributed by atoms with E-state index >= 15 is 0 Å². The summed E-state index contributed by atoms with van der Waals surface area (Å²) in [6, 6.07) is 11.6. The lowest BCUT2D eigenvalue weighted by molar-refractivity contribution is 0.866. The van der Waals surface area contributed by atoms with Gasteiger partial charge in [-0.25, -0.2) is 0 Å². The van der Waals surface area contributed by atoms with Crippen molar-refractivity contribution in [2.75, 3.05) is 11.5 Å². The fraction of sp³-hybridized carbons (Fsp3) is 0.250. The lowest BCUT2D eigenvalue weighted by Gasteiger charge is -2.06. The van der Waals surface area contributed by atoms with Gasteiger partial charge in [0, 0.05) is 5.69 Å². The van der Waals surface area contributed by atoms with Crippen LogP contribution in [0.1, 0.15) is 30.9 Å². The van der Waals surface area contributed by atoms with Crippen LogP contribution in [0, 0.1) is 6.92 Å². The Labute approximate surface area is 119 Å². The van der Waals surface area contributed by atoms with E-state index in [-0.39, 0.29) is 0 Å². The molecule has 2 aromatic carbocycles. The summed E-state index contributed by atoms with van der Waals surface area (Å²) in [4.78, 5) is 0. The topological polar surface area (TPSA) is 76.8 Å². The van der Waals surface area contributed by atoms with Gasteiger partial charge in [0.2, 0.25) is 0 Å². The molecular formula is C16H20N4. The fourth-order valence-corrected chi connectivity index (χ4v) is 1.86. The predicted octanol–water partition coefficient (Wildman–Crippen LogP) is 4.70. The molecule has 0 amide bonds. The zero-order valence-corrected chi connectivity index (χ0v) is 12.1. The van der Waals surface area contributed by atoms with E-state index in [0.717, 1.165) is 11.3 Å². The Kier molecular flexibility index (Phi) is 4.03. The summed E-state index contributed by atoms with van der Waals surface area (Å²) in [5, 5.41) is 8.41. The molecular weight excluding hydrogens is 248 g/mol. The molecule has 0 aliphatic carbocycles. The van der Waals surface area contributed by atoms with Crippen LogP contribution in [0.2, 0.25) is 0 Å². The smallest absolute Gasteiger partial charge is 0.109 e. The first-order valence-electron chi connectivity index (χ1n) is 6.65. The van der Waals surface area contributed by atoms with Gasteiger partial charge in [-0.2, -0.15) is 5.11 Å². The number of hydrogen-bond acceptors (Lipinski definition) is 4. The zero-order valence-electron chi connectivity index (χ0n) is 12.1. The molecule has 20 heavy (non-hydrogen) atoms. The molecule has 0 radical (unpaired) electrons. The number of hydrogen-bond donors (Lipinski definition) is 2. The summed E-state index contributed by atoms with van der Waals surface area (Å²) in [6.45, 7) is 6.20. The van der Waals surface area contributed by atoms with Crippen molar-refractivity contribution in [3.63, 3.8) is 0 Å². The second kappa shape index (κ2) is 5.74. The summed E-state index contributed by atoms with van der Waals surface area (Å²) in [6.07, 6.45) is 0. The third kappa shape index (κ3) is 2.96. The summed E-state index contributed by atoms with van der Waals surface area (Å²) >= 11 is 0. The Hall–Kier alpha value is -2.36. The van der Waals surface area contributed by atoms with E-state index in [0.29, 0.717) is 23.0 Å². The monoisotopic (exact) mass is 268 g/mol. The molecule has 4 heteroatoms. The van der Waals surface area contributed by atoms with Crippen LogP contribution in [0.3, 0.4) is 0 Å². The molecule has 0 saturated carbocycles. The Morgan fingerprint density at radius 2 is 1.55 bits per heavy atom. The van der Waals surface area contributed by atoms with Gasteiger partial charge in [-0.1, -0.05) is 26.0 Å². The number of nitrogen functional groups attached to an aromatic ring is 2. The molecule has 0 spiro atoms. The SMILES string of the molecule is Cc1c(N)ccc(N=Nc2ccc(C(C)C)cc2)c1N. The van der Waals surface area contributed by atoms with Crippen molar-refractivity contribution in [1.82, 2.24) is 0 Å². The summed E-state index contributed by atoms with van der Waals surface area (Å²) in [5.41, 5.74) is 16.6. The molecule has 0 fully saturated rings. The van der Waals surface area contributed by atoms with Gasteiger partial charge in [-0.15, -0.1) is 5.11 Å². The van der Waals surface area contributed by atoms with Crippen molar-refractivity contribution in [1.29, 1.82) is 0 Å². The first-order valence-corrected chi connectivity index (χ1v) is 6.65. The number of rotatable bonds is 3. The molecule has 0 atom stereocenters. The van der Waals surface area contributed by atoms with Crippen molar-refractivity contribution in [3.8, 4) is 0 Å². The van der Waals surface area contributed by atoms with Crippen LogP contribution in [0.25, 0.3) is 0 Å². The van der Waals surface area contributed by atoms with Gasteiger partial charge in [0.15, 0.2) is 0 Å². The normalized spacial score (nSPS) is 11.4. The highest BCUT2D eigenvalue weighted by atomic mass is 15.1. The van der Waals surface area contributed by atoms with Crippen molar-refractivity contribution < 1.29 is 0 Å². The minimum Gasteiger partial charge on any atom is -0.398 e. The van der Waals surface area contributed by atoms with Gasteiger partial charge in [0.25, 0.3) is 0 Å². The maximum atomic E-state index is 5.98. The van der Waals surface area contributed by atoms with Crippen molar-refractivity contribution in [3.05, 3.63) is 47.5 Å². The maximum Gasteiger partial charge on any atom is 0.109 e. The van der Waals surface area contributed by atoms with Crippen LogP contribution >= 0.6 is 0 Å². The van der Waals surface area contributed by atoms with E-state index < -0.39 is 0 Å². The lowest BCUT2D eigenvalue weighted by Crippen LogP contribution is -1.95. The van der Waals surface area contributed by atoms with Crippen molar-refractivity contribution in [2.24, 2.45) is 10.2 Å². The lowest BCUT2D eigenvalue weighted by atomic mass is 10.0. The van der Waals surface area contributed by atoms with E-state index in [1.165, 1.54) is 5.56 Å². The predicted molar refractivity (Wildman–Crippen MR) is 84.7 cm³/mol. The Balaban J connectivity index is 2.23. The van der Waals surface area contributed by atoms with Gasteiger partial charge >= 0.3 is 0 Å². The number of azo groups is 1. The second-order valence-electron chi connectivity index (χ2n) is 5.16. The molecule has 0 aromatic heterocycles. The van der Waals surface area contributed by atoms with Gasteiger partial charge in [0.1, 0.15) is 5.69 Å². The molecule has 0 aliphatic rings. The van der Waals surface area contributed by atoms with E-state index in [9.17, 15) is 0 Å². The van der Waals surface area contributed by atoms with Gasteiger partial charge in [-0.3, -0.25) is 0 Å². The third-order valence-corrected chi connectivity index (χ3v) is 3.37. The molecule has 2 aromatic rings. The van der Waals surface area contributed by atoms with Crippen molar-refractivity contribution >= 4 is 22.7 Å². The molecule has 0 heterocycles. The number of anilines is 2. The summed E-state index contributed by atoms with van der Waals surface area (Å²) < 4.78 is 0. The molecule has 2 rings (SSSR count). The largest absolute Gasteiger partial charge is 0.398 e. The molecule has 0 aliphatic heterocycles. The van der Waals surface area contributed by atoms with Crippen LogP contribution in [0.4, 0.5) is 22.7 Å². The molecule has 0 unspecified atom stereocenters. The zero-order chi connectivity index (χ0) is 14.7. The van der Waals surface area contributed by atoms with Crippen LogP contribution in [0.5, 0.6) is 0 Å². The highest BCUT2D eigenvalue weighted by Gasteiger charge is 2.04. The van der Waals surface area contributed by atoms with Crippen LogP contribution in [-0.4, -0.2) is 0 Å².